The van der Waals surface area contributed by atoms with Crippen LogP contribution in [0.4, 0.5) is 0 Å². The van der Waals surface area contributed by atoms with Crippen molar-refractivity contribution in [2.75, 3.05) is 13.2 Å². The second kappa shape index (κ2) is 6.13. The Labute approximate surface area is 128 Å². The van der Waals surface area contributed by atoms with Gasteiger partial charge in [-0.05, 0) is 43.9 Å². The number of carbonyl (C=O) groups excluding carboxylic acids is 2. The van der Waals surface area contributed by atoms with Crippen molar-refractivity contribution in [3.05, 3.63) is 16.1 Å². The average Bonchev–Trinajstić information content (AvgIpc) is 3.20. The molecule has 0 radical (unpaired) electrons. The van der Waals surface area contributed by atoms with E-state index < -0.39 is 5.97 Å². The lowest BCUT2D eigenvalue weighted by atomic mass is 9.89. The van der Waals surface area contributed by atoms with Gasteiger partial charge in [0.1, 0.15) is 5.69 Å². The first-order valence-corrected chi connectivity index (χ1v) is 8.46. The van der Waals surface area contributed by atoms with E-state index in [-0.39, 0.29) is 10.9 Å². The van der Waals surface area contributed by atoms with Gasteiger partial charge >= 0.3 is 5.97 Å². The lowest BCUT2D eigenvalue weighted by Crippen LogP contribution is -2.31. The van der Waals surface area contributed by atoms with Gasteiger partial charge in [-0.2, -0.15) is 0 Å². The molecule has 2 saturated carbocycles. The van der Waals surface area contributed by atoms with E-state index in [2.05, 4.69) is 10.3 Å². The average molecular weight is 308 g/mol. The van der Waals surface area contributed by atoms with Crippen molar-refractivity contribution in [1.82, 2.24) is 10.3 Å². The quantitative estimate of drug-likeness (QED) is 0.849. The first-order chi connectivity index (χ1) is 10.2. The maximum Gasteiger partial charge on any atom is 0.367 e. The molecule has 1 heterocycles. The highest BCUT2D eigenvalue weighted by atomic mass is 32.1. The van der Waals surface area contributed by atoms with Crippen molar-refractivity contribution in [2.45, 2.75) is 32.6 Å². The number of esters is 1. The summed E-state index contributed by atoms with van der Waals surface area (Å²) in [5, 5.41) is 4.81. The van der Waals surface area contributed by atoms with Crippen molar-refractivity contribution >= 4 is 23.2 Å². The zero-order chi connectivity index (χ0) is 14.8. The molecule has 3 unspecified atom stereocenters. The van der Waals surface area contributed by atoms with E-state index in [9.17, 15) is 9.59 Å². The van der Waals surface area contributed by atoms with Crippen molar-refractivity contribution in [3.63, 3.8) is 0 Å². The zero-order valence-electron chi connectivity index (χ0n) is 12.1. The molecule has 6 heteroatoms. The van der Waals surface area contributed by atoms with Gasteiger partial charge in [0.2, 0.25) is 5.01 Å². The third kappa shape index (κ3) is 3.10. The molecule has 21 heavy (non-hydrogen) atoms. The predicted octanol–water partition coefficient (Wildman–Crippen LogP) is 2.49. The fraction of sp³-hybridized carbons (Fsp3) is 0.667. The van der Waals surface area contributed by atoms with Gasteiger partial charge in [0.25, 0.3) is 5.91 Å². The van der Waals surface area contributed by atoms with Crippen LogP contribution in [0, 0.1) is 17.8 Å². The number of thiazole rings is 1. The molecule has 2 bridgehead atoms. The number of amides is 1. The van der Waals surface area contributed by atoms with E-state index in [4.69, 9.17) is 4.74 Å². The number of aromatic nitrogens is 1. The fourth-order valence-electron chi connectivity index (χ4n) is 3.61. The minimum Gasteiger partial charge on any atom is -0.461 e. The maximum atomic E-state index is 12.1. The Bertz CT molecular complexity index is 543. The highest BCUT2D eigenvalue weighted by Crippen LogP contribution is 2.47. The summed E-state index contributed by atoms with van der Waals surface area (Å²) < 4.78 is 4.87. The highest BCUT2D eigenvalue weighted by Gasteiger charge is 2.39. The number of rotatable bonds is 5. The number of fused-ring (bicyclic) bond motifs is 2. The Morgan fingerprint density at radius 3 is 2.95 bits per heavy atom. The molecule has 2 aliphatic carbocycles. The Hall–Kier alpha value is -1.43. The van der Waals surface area contributed by atoms with Crippen molar-refractivity contribution < 1.29 is 14.3 Å². The van der Waals surface area contributed by atoms with Crippen molar-refractivity contribution in [1.29, 1.82) is 0 Å². The van der Waals surface area contributed by atoms with Crippen LogP contribution in [0.3, 0.4) is 0 Å². The largest absolute Gasteiger partial charge is 0.461 e. The molecule has 114 valence electrons. The van der Waals surface area contributed by atoms with Gasteiger partial charge in [0, 0.05) is 11.9 Å². The summed E-state index contributed by atoms with van der Waals surface area (Å²) >= 11 is 1.15. The molecule has 1 aromatic heterocycles. The monoisotopic (exact) mass is 308 g/mol. The summed E-state index contributed by atoms with van der Waals surface area (Å²) in [6.45, 7) is 2.78. The summed E-state index contributed by atoms with van der Waals surface area (Å²) in [7, 11) is 0. The summed E-state index contributed by atoms with van der Waals surface area (Å²) in [4.78, 5) is 27.7. The summed E-state index contributed by atoms with van der Waals surface area (Å²) in [6.07, 6.45) is 5.26. The first kappa shape index (κ1) is 14.5. The third-order valence-electron chi connectivity index (χ3n) is 4.60. The van der Waals surface area contributed by atoms with Gasteiger partial charge in [0.15, 0.2) is 0 Å². The van der Waals surface area contributed by atoms with E-state index in [0.717, 1.165) is 29.7 Å². The minimum atomic E-state index is -0.463. The fourth-order valence-corrected chi connectivity index (χ4v) is 4.29. The molecule has 0 spiro atoms. The lowest BCUT2D eigenvalue weighted by molar-refractivity contribution is 0.0526. The van der Waals surface area contributed by atoms with Crippen LogP contribution in [0.25, 0.3) is 0 Å². The van der Waals surface area contributed by atoms with Crippen molar-refractivity contribution in [2.24, 2.45) is 17.8 Å². The number of carbonyl (C=O) groups is 2. The van der Waals surface area contributed by atoms with Crippen LogP contribution >= 0.6 is 11.3 Å². The molecular formula is C15H20N2O3S. The van der Waals surface area contributed by atoms with Gasteiger partial charge < -0.3 is 10.1 Å². The standard InChI is InChI=1S/C15H20N2O3S/c1-2-20-15(19)14-17-12(8-21-14)13(18)16-7-11-6-9-3-4-10(11)5-9/h8-11H,2-7H2,1H3,(H,16,18). The second-order valence-electron chi connectivity index (χ2n) is 5.90. The van der Waals surface area contributed by atoms with Crippen molar-refractivity contribution in [3.8, 4) is 0 Å². The molecule has 0 saturated heterocycles. The topological polar surface area (TPSA) is 68.3 Å². The van der Waals surface area contributed by atoms with E-state index in [1.165, 1.54) is 25.7 Å². The Morgan fingerprint density at radius 1 is 1.43 bits per heavy atom. The van der Waals surface area contributed by atoms with E-state index in [1.54, 1.807) is 12.3 Å². The number of hydrogen-bond donors (Lipinski definition) is 1. The van der Waals surface area contributed by atoms with E-state index in [0.29, 0.717) is 18.2 Å². The van der Waals surface area contributed by atoms with Gasteiger partial charge in [-0.25, -0.2) is 9.78 Å². The number of nitrogens with one attached hydrogen (secondary N) is 1. The Balaban J connectivity index is 1.52. The summed E-state index contributed by atoms with van der Waals surface area (Å²) in [5.41, 5.74) is 0.311. The highest BCUT2D eigenvalue weighted by molar-refractivity contribution is 7.11. The van der Waals surface area contributed by atoms with Gasteiger partial charge in [-0.3, -0.25) is 4.79 Å². The molecule has 1 N–H and O–H groups in total. The lowest BCUT2D eigenvalue weighted by Gasteiger charge is -2.21. The third-order valence-corrected chi connectivity index (χ3v) is 5.42. The molecule has 5 nitrogen and oxygen atoms in total. The normalized spacial score (nSPS) is 26.8. The van der Waals surface area contributed by atoms with Crippen LogP contribution in [0.5, 0.6) is 0 Å². The molecule has 1 aromatic rings. The molecule has 2 fully saturated rings. The molecule has 3 atom stereocenters. The van der Waals surface area contributed by atoms with Gasteiger partial charge in [-0.1, -0.05) is 6.42 Å². The van der Waals surface area contributed by atoms with Crippen LogP contribution in [-0.4, -0.2) is 30.0 Å². The van der Waals surface area contributed by atoms with Crippen LogP contribution in [0.15, 0.2) is 5.38 Å². The Kier molecular flexibility index (Phi) is 4.24. The number of hydrogen-bond acceptors (Lipinski definition) is 5. The molecule has 3 rings (SSSR count). The maximum absolute atomic E-state index is 12.1. The molecule has 1 amide bonds. The summed E-state index contributed by atoms with van der Waals surface area (Å²) in [5.74, 6) is 1.64. The van der Waals surface area contributed by atoms with Crippen LogP contribution in [0.2, 0.25) is 0 Å². The zero-order valence-corrected chi connectivity index (χ0v) is 12.9. The second-order valence-corrected chi connectivity index (χ2v) is 6.76. The van der Waals surface area contributed by atoms with E-state index >= 15 is 0 Å². The van der Waals surface area contributed by atoms with Crippen LogP contribution in [-0.2, 0) is 4.74 Å². The first-order valence-electron chi connectivity index (χ1n) is 7.58. The summed E-state index contributed by atoms with van der Waals surface area (Å²) in [6, 6.07) is 0. The smallest absolute Gasteiger partial charge is 0.367 e. The van der Waals surface area contributed by atoms with Crippen LogP contribution in [0.1, 0.15) is 52.9 Å². The molecular weight excluding hydrogens is 288 g/mol. The molecule has 0 aromatic carbocycles. The minimum absolute atomic E-state index is 0.190. The van der Waals surface area contributed by atoms with Gasteiger partial charge in [0.05, 0.1) is 6.61 Å². The van der Waals surface area contributed by atoms with Gasteiger partial charge in [-0.15, -0.1) is 11.3 Å². The predicted molar refractivity (Wildman–Crippen MR) is 79.3 cm³/mol. The van der Waals surface area contributed by atoms with E-state index in [1.807, 2.05) is 0 Å². The Morgan fingerprint density at radius 2 is 2.29 bits per heavy atom. The number of nitrogens with zero attached hydrogens (tertiary/aromatic N) is 1. The SMILES string of the molecule is CCOC(=O)c1nc(C(=O)NCC2CC3CCC2C3)cs1. The molecule has 2 aliphatic rings. The van der Waals surface area contributed by atoms with Crippen LogP contribution < -0.4 is 5.32 Å². The molecule has 0 aliphatic heterocycles. The number of ether oxygens (including phenoxy) is 1.